The van der Waals surface area contributed by atoms with Gasteiger partial charge in [-0.05, 0) is 37.1 Å². The standard InChI is InChI=1S/C19H18N2O4/c1-12-3-6-14(7-4-12)19(2)17(22)21(18(23)20-19)10-13-5-8-15-16(9-13)25-11-24-15/h3-9H,10-11H2,1-2H3,(H,20,23)/t19-/m0/s1. The number of rotatable bonds is 3. The first-order valence-electron chi connectivity index (χ1n) is 8.07. The summed E-state index contributed by atoms with van der Waals surface area (Å²) in [5, 5.41) is 2.82. The normalized spacial score (nSPS) is 21.6. The summed E-state index contributed by atoms with van der Waals surface area (Å²) in [4.78, 5) is 26.6. The molecule has 2 aromatic rings. The number of ether oxygens (including phenoxy) is 2. The second-order valence-electron chi connectivity index (χ2n) is 6.50. The number of carbonyl (C=O) groups is 2. The molecule has 0 radical (unpaired) electrons. The smallest absolute Gasteiger partial charge is 0.325 e. The molecular weight excluding hydrogens is 320 g/mol. The van der Waals surface area contributed by atoms with Gasteiger partial charge in [0.05, 0.1) is 6.54 Å². The van der Waals surface area contributed by atoms with Gasteiger partial charge in [0.1, 0.15) is 5.54 Å². The average Bonchev–Trinajstić information content (AvgIpc) is 3.14. The van der Waals surface area contributed by atoms with Crippen LogP contribution in [0.15, 0.2) is 42.5 Å². The fourth-order valence-corrected chi connectivity index (χ4v) is 3.14. The molecule has 0 unspecified atom stereocenters. The summed E-state index contributed by atoms with van der Waals surface area (Å²) in [5.74, 6) is 1.04. The minimum atomic E-state index is -1.05. The molecule has 128 valence electrons. The Morgan fingerprint density at radius 2 is 1.80 bits per heavy atom. The van der Waals surface area contributed by atoms with Crippen molar-refractivity contribution >= 4 is 11.9 Å². The van der Waals surface area contributed by atoms with Crippen LogP contribution in [0, 0.1) is 6.92 Å². The predicted octanol–water partition coefficient (Wildman–Crippen LogP) is 2.69. The van der Waals surface area contributed by atoms with E-state index in [1.807, 2.05) is 37.3 Å². The Morgan fingerprint density at radius 3 is 2.56 bits per heavy atom. The molecule has 0 aliphatic carbocycles. The summed E-state index contributed by atoms with van der Waals surface area (Å²) in [6.45, 7) is 4.08. The van der Waals surface area contributed by atoms with Crippen LogP contribution in [0.25, 0.3) is 0 Å². The van der Waals surface area contributed by atoms with E-state index in [0.29, 0.717) is 11.5 Å². The van der Waals surface area contributed by atoms with Crippen molar-refractivity contribution < 1.29 is 19.1 Å². The molecule has 1 N–H and O–H groups in total. The van der Waals surface area contributed by atoms with E-state index in [9.17, 15) is 9.59 Å². The van der Waals surface area contributed by atoms with Crippen LogP contribution in [-0.2, 0) is 16.9 Å². The van der Waals surface area contributed by atoms with E-state index < -0.39 is 11.6 Å². The van der Waals surface area contributed by atoms with Crippen LogP contribution < -0.4 is 14.8 Å². The van der Waals surface area contributed by atoms with Crippen molar-refractivity contribution in [3.63, 3.8) is 0 Å². The van der Waals surface area contributed by atoms with Crippen molar-refractivity contribution in [1.29, 1.82) is 0 Å². The van der Waals surface area contributed by atoms with Gasteiger partial charge >= 0.3 is 6.03 Å². The van der Waals surface area contributed by atoms with E-state index in [1.54, 1.807) is 19.1 Å². The molecule has 0 bridgehead atoms. The van der Waals surface area contributed by atoms with Gasteiger partial charge in [0.25, 0.3) is 5.91 Å². The molecule has 2 aliphatic rings. The Labute approximate surface area is 145 Å². The van der Waals surface area contributed by atoms with Crippen molar-refractivity contribution in [3.8, 4) is 11.5 Å². The van der Waals surface area contributed by atoms with Gasteiger partial charge in [-0.15, -0.1) is 0 Å². The number of benzene rings is 2. The summed E-state index contributed by atoms with van der Waals surface area (Å²) >= 11 is 0. The van der Waals surface area contributed by atoms with Crippen LogP contribution in [0.2, 0.25) is 0 Å². The van der Waals surface area contributed by atoms with Gasteiger partial charge in [-0.3, -0.25) is 9.69 Å². The van der Waals surface area contributed by atoms with Gasteiger partial charge in [0, 0.05) is 0 Å². The molecule has 2 aromatic carbocycles. The molecule has 2 heterocycles. The number of hydrogen-bond acceptors (Lipinski definition) is 4. The predicted molar refractivity (Wildman–Crippen MR) is 90.2 cm³/mol. The molecule has 1 atom stereocenters. The number of hydrogen-bond donors (Lipinski definition) is 1. The van der Waals surface area contributed by atoms with Crippen LogP contribution in [0.4, 0.5) is 4.79 Å². The molecule has 1 fully saturated rings. The number of nitrogens with zero attached hydrogens (tertiary/aromatic N) is 1. The Balaban J connectivity index is 1.60. The second kappa shape index (κ2) is 5.51. The highest BCUT2D eigenvalue weighted by Gasteiger charge is 2.48. The first-order chi connectivity index (χ1) is 12.0. The lowest BCUT2D eigenvalue weighted by Crippen LogP contribution is -2.40. The van der Waals surface area contributed by atoms with E-state index in [1.165, 1.54) is 4.90 Å². The number of carbonyl (C=O) groups excluding carboxylic acids is 2. The number of imide groups is 1. The topological polar surface area (TPSA) is 67.9 Å². The fraction of sp³-hybridized carbons (Fsp3) is 0.263. The molecule has 0 spiro atoms. The summed E-state index contributed by atoms with van der Waals surface area (Å²) in [5.41, 5.74) is 1.62. The van der Waals surface area contributed by atoms with Gasteiger partial charge < -0.3 is 14.8 Å². The third-order valence-electron chi connectivity index (χ3n) is 4.68. The Bertz CT molecular complexity index is 862. The molecular formula is C19H18N2O4. The minimum Gasteiger partial charge on any atom is -0.454 e. The molecule has 25 heavy (non-hydrogen) atoms. The van der Waals surface area contributed by atoms with Crippen LogP contribution in [0.1, 0.15) is 23.6 Å². The van der Waals surface area contributed by atoms with Crippen LogP contribution in [-0.4, -0.2) is 23.6 Å². The van der Waals surface area contributed by atoms with Crippen molar-refractivity contribution in [3.05, 3.63) is 59.2 Å². The maximum Gasteiger partial charge on any atom is 0.325 e. The van der Waals surface area contributed by atoms with Crippen molar-refractivity contribution in [1.82, 2.24) is 10.2 Å². The Morgan fingerprint density at radius 1 is 1.08 bits per heavy atom. The first kappa shape index (κ1) is 15.5. The summed E-state index contributed by atoms with van der Waals surface area (Å²) < 4.78 is 10.6. The lowest BCUT2D eigenvalue weighted by atomic mass is 9.91. The van der Waals surface area contributed by atoms with Gasteiger partial charge in [-0.2, -0.15) is 0 Å². The lowest BCUT2D eigenvalue weighted by Gasteiger charge is -2.22. The number of fused-ring (bicyclic) bond motifs is 1. The molecule has 2 aliphatic heterocycles. The third kappa shape index (κ3) is 2.50. The zero-order valence-corrected chi connectivity index (χ0v) is 14.0. The van der Waals surface area contributed by atoms with E-state index in [0.717, 1.165) is 16.7 Å². The molecule has 0 aromatic heterocycles. The van der Waals surface area contributed by atoms with E-state index in [-0.39, 0.29) is 19.2 Å². The minimum absolute atomic E-state index is 0.183. The van der Waals surface area contributed by atoms with E-state index >= 15 is 0 Å². The van der Waals surface area contributed by atoms with Gasteiger partial charge in [0.15, 0.2) is 11.5 Å². The molecule has 3 amide bonds. The van der Waals surface area contributed by atoms with E-state index in [4.69, 9.17) is 9.47 Å². The van der Waals surface area contributed by atoms with Gasteiger partial charge in [0.2, 0.25) is 6.79 Å². The van der Waals surface area contributed by atoms with Crippen molar-refractivity contribution in [2.24, 2.45) is 0 Å². The van der Waals surface area contributed by atoms with Crippen LogP contribution in [0.5, 0.6) is 11.5 Å². The second-order valence-corrected chi connectivity index (χ2v) is 6.50. The largest absolute Gasteiger partial charge is 0.454 e. The monoisotopic (exact) mass is 338 g/mol. The molecule has 0 saturated carbocycles. The maximum absolute atomic E-state index is 12.9. The van der Waals surface area contributed by atoms with Crippen molar-refractivity contribution in [2.75, 3.05) is 6.79 Å². The number of amides is 3. The highest BCUT2D eigenvalue weighted by atomic mass is 16.7. The van der Waals surface area contributed by atoms with Crippen LogP contribution >= 0.6 is 0 Å². The molecule has 6 nitrogen and oxygen atoms in total. The highest BCUT2D eigenvalue weighted by molar-refractivity contribution is 6.07. The highest BCUT2D eigenvalue weighted by Crippen LogP contribution is 2.34. The van der Waals surface area contributed by atoms with Crippen LogP contribution in [0.3, 0.4) is 0 Å². The summed E-state index contributed by atoms with van der Waals surface area (Å²) in [6.07, 6.45) is 0. The average molecular weight is 338 g/mol. The zero-order chi connectivity index (χ0) is 17.6. The van der Waals surface area contributed by atoms with E-state index in [2.05, 4.69) is 5.32 Å². The quantitative estimate of drug-likeness (QED) is 0.874. The third-order valence-corrected chi connectivity index (χ3v) is 4.68. The Hall–Kier alpha value is -3.02. The summed E-state index contributed by atoms with van der Waals surface area (Å²) in [6, 6.07) is 12.6. The maximum atomic E-state index is 12.9. The molecule has 6 heteroatoms. The Kier molecular flexibility index (Phi) is 3.42. The van der Waals surface area contributed by atoms with Gasteiger partial charge in [-0.1, -0.05) is 35.9 Å². The zero-order valence-electron chi connectivity index (χ0n) is 14.0. The number of aryl methyl sites for hydroxylation is 1. The lowest BCUT2D eigenvalue weighted by molar-refractivity contribution is -0.131. The molecule has 4 rings (SSSR count). The van der Waals surface area contributed by atoms with Gasteiger partial charge in [-0.25, -0.2) is 4.79 Å². The number of nitrogens with one attached hydrogen (secondary N) is 1. The SMILES string of the molecule is Cc1ccc([C@]2(C)NC(=O)N(Cc3ccc4c(c3)OCO4)C2=O)cc1. The summed E-state index contributed by atoms with van der Waals surface area (Å²) in [7, 11) is 0. The molecule has 1 saturated heterocycles. The fourth-order valence-electron chi connectivity index (χ4n) is 3.14. The van der Waals surface area contributed by atoms with Crippen molar-refractivity contribution in [2.45, 2.75) is 25.9 Å². The first-order valence-corrected chi connectivity index (χ1v) is 8.07. The number of urea groups is 1.